The predicted molar refractivity (Wildman–Crippen MR) is 90.4 cm³/mol. The Bertz CT molecular complexity index is 833. The molecule has 3 rings (SSSR count). The molecule has 0 bridgehead atoms. The van der Waals surface area contributed by atoms with Crippen molar-refractivity contribution in [2.24, 2.45) is 0 Å². The van der Waals surface area contributed by atoms with Crippen LogP contribution in [0, 0.1) is 0 Å². The Kier molecular flexibility index (Phi) is 5.36. The summed E-state index contributed by atoms with van der Waals surface area (Å²) in [5, 5.41) is 0. The topological polar surface area (TPSA) is 54.0 Å². The first kappa shape index (κ1) is 17.7. The molecule has 7 heteroatoms. The van der Waals surface area contributed by atoms with Gasteiger partial charge in [-0.15, -0.1) is 0 Å². The minimum Gasteiger partial charge on any atom is -0.493 e. The van der Waals surface area contributed by atoms with E-state index < -0.39 is 6.61 Å². The quantitative estimate of drug-likeness (QED) is 0.575. The van der Waals surface area contributed by atoms with Crippen molar-refractivity contribution in [2.45, 2.75) is 6.61 Å². The zero-order valence-electron chi connectivity index (χ0n) is 13.9. The van der Waals surface area contributed by atoms with Gasteiger partial charge in [-0.3, -0.25) is 4.79 Å². The molecular weight excluding hydrogens is 346 g/mol. The summed E-state index contributed by atoms with van der Waals surface area (Å²) in [5.41, 5.74) is 1.06. The number of benzene rings is 2. The SMILES string of the molecule is COc1cc(/C=C/C(=O)c2ccc3c(c2)OCCO3)ccc1OC(F)F. The van der Waals surface area contributed by atoms with Gasteiger partial charge in [0.05, 0.1) is 7.11 Å². The van der Waals surface area contributed by atoms with E-state index in [4.69, 9.17) is 14.2 Å². The predicted octanol–water partition coefficient (Wildman–Crippen LogP) is 3.96. The zero-order valence-corrected chi connectivity index (χ0v) is 13.9. The van der Waals surface area contributed by atoms with Crippen LogP contribution in [0.5, 0.6) is 23.0 Å². The van der Waals surface area contributed by atoms with Gasteiger partial charge in [0.2, 0.25) is 0 Å². The van der Waals surface area contributed by atoms with Crippen LogP contribution in [0.4, 0.5) is 8.78 Å². The molecule has 0 saturated carbocycles. The first-order valence-corrected chi connectivity index (χ1v) is 7.82. The van der Waals surface area contributed by atoms with Gasteiger partial charge < -0.3 is 18.9 Å². The fraction of sp³-hybridized carbons (Fsp3) is 0.211. The monoisotopic (exact) mass is 362 g/mol. The van der Waals surface area contributed by atoms with Crippen LogP contribution in [0.3, 0.4) is 0 Å². The van der Waals surface area contributed by atoms with E-state index in [1.807, 2.05) is 0 Å². The lowest BCUT2D eigenvalue weighted by Crippen LogP contribution is -2.15. The summed E-state index contributed by atoms with van der Waals surface area (Å²) in [6.07, 6.45) is 2.95. The third-order valence-corrected chi connectivity index (χ3v) is 3.66. The van der Waals surface area contributed by atoms with Gasteiger partial charge in [0, 0.05) is 5.56 Å². The fourth-order valence-electron chi connectivity index (χ4n) is 2.45. The number of methoxy groups -OCH3 is 1. The molecule has 0 N–H and O–H groups in total. The molecule has 1 aliphatic heterocycles. The van der Waals surface area contributed by atoms with Gasteiger partial charge >= 0.3 is 6.61 Å². The number of rotatable bonds is 6. The van der Waals surface area contributed by atoms with Crippen LogP contribution >= 0.6 is 0 Å². The number of carbonyl (C=O) groups excluding carboxylic acids is 1. The van der Waals surface area contributed by atoms with Crippen LogP contribution in [0.2, 0.25) is 0 Å². The zero-order chi connectivity index (χ0) is 18.5. The molecule has 0 saturated heterocycles. The van der Waals surface area contributed by atoms with E-state index in [1.165, 1.54) is 25.3 Å². The molecular formula is C19H16F2O5. The Hall–Kier alpha value is -3.09. The molecule has 0 radical (unpaired) electrons. The van der Waals surface area contributed by atoms with E-state index in [0.29, 0.717) is 35.8 Å². The standard InChI is InChI=1S/C19H16F2O5/c1-23-17-10-12(3-6-16(17)26-19(20)21)2-5-14(22)13-4-7-15-18(11-13)25-9-8-24-15/h2-7,10-11,19H,8-9H2,1H3/b5-2+. The minimum absolute atomic E-state index is 0.0715. The van der Waals surface area contributed by atoms with Crippen LogP contribution in [0.1, 0.15) is 15.9 Å². The number of halogens is 2. The van der Waals surface area contributed by atoms with Crippen molar-refractivity contribution >= 4 is 11.9 Å². The van der Waals surface area contributed by atoms with Crippen molar-refractivity contribution in [2.75, 3.05) is 20.3 Å². The molecule has 136 valence electrons. The third-order valence-electron chi connectivity index (χ3n) is 3.66. The maximum atomic E-state index is 12.3. The van der Waals surface area contributed by atoms with Gasteiger partial charge in [-0.25, -0.2) is 0 Å². The molecule has 0 atom stereocenters. The number of alkyl halides is 2. The number of ether oxygens (including phenoxy) is 4. The Morgan fingerprint density at radius 3 is 2.58 bits per heavy atom. The highest BCUT2D eigenvalue weighted by Crippen LogP contribution is 2.32. The van der Waals surface area contributed by atoms with E-state index in [1.54, 1.807) is 30.3 Å². The minimum atomic E-state index is -2.94. The number of fused-ring (bicyclic) bond motifs is 1. The number of allylic oxidation sites excluding steroid dienone is 1. The first-order valence-electron chi connectivity index (χ1n) is 7.82. The molecule has 26 heavy (non-hydrogen) atoms. The van der Waals surface area contributed by atoms with Crippen molar-refractivity contribution in [3.8, 4) is 23.0 Å². The van der Waals surface area contributed by atoms with Crippen LogP contribution in [0.15, 0.2) is 42.5 Å². The Labute approximate surface area is 148 Å². The maximum Gasteiger partial charge on any atom is 0.387 e. The van der Waals surface area contributed by atoms with Gasteiger partial charge in [-0.2, -0.15) is 8.78 Å². The Balaban J connectivity index is 1.75. The summed E-state index contributed by atoms with van der Waals surface area (Å²) >= 11 is 0. The molecule has 0 amide bonds. The molecule has 1 heterocycles. The maximum absolute atomic E-state index is 12.3. The number of hydrogen-bond donors (Lipinski definition) is 0. The second-order valence-corrected chi connectivity index (χ2v) is 5.34. The summed E-state index contributed by atoms with van der Waals surface area (Å²) in [6, 6.07) is 9.38. The lowest BCUT2D eigenvalue weighted by atomic mass is 10.1. The second kappa shape index (κ2) is 7.86. The lowest BCUT2D eigenvalue weighted by Gasteiger charge is -2.18. The molecule has 0 fully saturated rings. The second-order valence-electron chi connectivity index (χ2n) is 5.34. The van der Waals surface area contributed by atoms with Gasteiger partial charge in [0.25, 0.3) is 0 Å². The highest BCUT2D eigenvalue weighted by atomic mass is 19.3. The lowest BCUT2D eigenvalue weighted by molar-refractivity contribution is -0.0512. The number of carbonyl (C=O) groups is 1. The fourth-order valence-corrected chi connectivity index (χ4v) is 2.45. The van der Waals surface area contributed by atoms with Crippen LogP contribution in [-0.4, -0.2) is 32.7 Å². The molecule has 5 nitrogen and oxygen atoms in total. The van der Waals surface area contributed by atoms with E-state index in [-0.39, 0.29) is 17.3 Å². The van der Waals surface area contributed by atoms with Gasteiger partial charge in [0.15, 0.2) is 28.8 Å². The largest absolute Gasteiger partial charge is 0.493 e. The van der Waals surface area contributed by atoms with E-state index in [9.17, 15) is 13.6 Å². The molecule has 2 aromatic rings. The van der Waals surface area contributed by atoms with Crippen LogP contribution in [0.25, 0.3) is 6.08 Å². The summed E-state index contributed by atoms with van der Waals surface area (Å²) in [4.78, 5) is 12.3. The van der Waals surface area contributed by atoms with E-state index in [0.717, 1.165) is 0 Å². The Morgan fingerprint density at radius 1 is 1.08 bits per heavy atom. The summed E-state index contributed by atoms with van der Waals surface area (Å²) in [6.45, 7) is -2.03. The number of hydrogen-bond acceptors (Lipinski definition) is 5. The molecule has 0 spiro atoms. The summed E-state index contributed by atoms with van der Waals surface area (Å²) in [7, 11) is 1.35. The summed E-state index contributed by atoms with van der Waals surface area (Å²) in [5.74, 6) is 0.993. The average molecular weight is 362 g/mol. The van der Waals surface area contributed by atoms with Crippen molar-refractivity contribution in [3.05, 3.63) is 53.6 Å². The normalized spacial score (nSPS) is 13.1. The first-order chi connectivity index (χ1) is 12.6. The highest BCUT2D eigenvalue weighted by Gasteiger charge is 2.14. The van der Waals surface area contributed by atoms with Gasteiger partial charge in [0.1, 0.15) is 13.2 Å². The Morgan fingerprint density at radius 2 is 1.85 bits per heavy atom. The molecule has 0 unspecified atom stereocenters. The average Bonchev–Trinajstić information content (AvgIpc) is 2.66. The van der Waals surface area contributed by atoms with Crippen molar-refractivity contribution in [1.82, 2.24) is 0 Å². The molecule has 0 aromatic heterocycles. The third kappa shape index (κ3) is 4.11. The summed E-state index contributed by atoms with van der Waals surface area (Å²) < 4.78 is 45.0. The molecule has 2 aromatic carbocycles. The highest BCUT2D eigenvalue weighted by molar-refractivity contribution is 6.07. The van der Waals surface area contributed by atoms with E-state index >= 15 is 0 Å². The number of ketones is 1. The van der Waals surface area contributed by atoms with Crippen molar-refractivity contribution < 1.29 is 32.5 Å². The van der Waals surface area contributed by atoms with Gasteiger partial charge in [-0.05, 0) is 42.0 Å². The van der Waals surface area contributed by atoms with Crippen LogP contribution < -0.4 is 18.9 Å². The smallest absolute Gasteiger partial charge is 0.387 e. The molecule has 0 aliphatic carbocycles. The van der Waals surface area contributed by atoms with Crippen molar-refractivity contribution in [1.29, 1.82) is 0 Å². The molecule has 1 aliphatic rings. The van der Waals surface area contributed by atoms with Crippen LogP contribution in [-0.2, 0) is 0 Å². The van der Waals surface area contributed by atoms with E-state index in [2.05, 4.69) is 4.74 Å². The van der Waals surface area contributed by atoms with Crippen molar-refractivity contribution in [3.63, 3.8) is 0 Å². The van der Waals surface area contributed by atoms with Gasteiger partial charge in [-0.1, -0.05) is 12.1 Å².